The smallest absolute Gasteiger partial charge is 0.338 e. The highest BCUT2D eigenvalue weighted by atomic mass is 32.2. The molecule has 2 fully saturated rings. The van der Waals surface area contributed by atoms with Crippen molar-refractivity contribution in [1.82, 2.24) is 0 Å². The van der Waals surface area contributed by atoms with Crippen molar-refractivity contribution in [3.05, 3.63) is 47.0 Å². The number of fused-ring (bicyclic) bond motifs is 2. The minimum absolute atomic E-state index is 0.149. The van der Waals surface area contributed by atoms with Gasteiger partial charge >= 0.3 is 11.9 Å². The van der Waals surface area contributed by atoms with E-state index in [0.29, 0.717) is 5.56 Å². The number of hydrogen-bond acceptors (Lipinski definition) is 9. The van der Waals surface area contributed by atoms with Crippen molar-refractivity contribution >= 4 is 22.1 Å². The molecule has 4 rings (SSSR count). The Bertz CT molecular complexity index is 943. The molecule has 0 unspecified atom stereocenters. The Hall–Kier alpha value is -2.43. The summed E-state index contributed by atoms with van der Waals surface area (Å²) in [5.74, 6) is -1.23. The van der Waals surface area contributed by atoms with Crippen LogP contribution in [0.4, 0.5) is 0 Å². The summed E-state index contributed by atoms with van der Waals surface area (Å²) in [6.45, 7) is 0.876. The van der Waals surface area contributed by atoms with E-state index in [4.69, 9.17) is 24.1 Å². The van der Waals surface area contributed by atoms with Crippen LogP contribution in [0, 0.1) is 0 Å². The molecule has 2 aliphatic heterocycles. The first-order chi connectivity index (χ1) is 12.7. The molecule has 9 nitrogen and oxygen atoms in total. The lowest BCUT2D eigenvalue weighted by Gasteiger charge is -2.36. The van der Waals surface area contributed by atoms with Gasteiger partial charge in [0.15, 0.2) is 11.2 Å². The van der Waals surface area contributed by atoms with Crippen molar-refractivity contribution < 1.29 is 36.4 Å². The fourth-order valence-electron chi connectivity index (χ4n) is 3.79. The molecule has 0 amide bonds. The molecule has 1 saturated heterocycles. The van der Waals surface area contributed by atoms with E-state index in [2.05, 4.69) is 0 Å². The fraction of sp³-hybridized carbons (Fsp3) is 0.412. The summed E-state index contributed by atoms with van der Waals surface area (Å²) in [6.07, 6.45) is -1.40. The molecule has 0 aromatic heterocycles. The zero-order valence-corrected chi connectivity index (χ0v) is 15.1. The second kappa shape index (κ2) is 5.78. The van der Waals surface area contributed by atoms with E-state index >= 15 is 0 Å². The Morgan fingerprint density at radius 1 is 1.30 bits per heavy atom. The van der Waals surface area contributed by atoms with E-state index in [1.165, 1.54) is 6.92 Å². The average molecular weight is 395 g/mol. The minimum Gasteiger partial charge on any atom is -0.459 e. The first-order valence-electron chi connectivity index (χ1n) is 8.21. The highest BCUT2D eigenvalue weighted by molar-refractivity contribution is 7.90. The van der Waals surface area contributed by atoms with Crippen LogP contribution in [0.25, 0.3) is 0 Å². The molecule has 1 spiro atoms. The summed E-state index contributed by atoms with van der Waals surface area (Å²) >= 11 is 0. The van der Waals surface area contributed by atoms with Crippen LogP contribution in [0.15, 0.2) is 41.4 Å². The third-order valence-electron chi connectivity index (χ3n) is 4.91. The maximum absolute atomic E-state index is 12.2. The Kier molecular flexibility index (Phi) is 3.85. The molecule has 2 N–H and O–H groups in total. The number of carbonyl (C=O) groups is 2. The van der Waals surface area contributed by atoms with E-state index < -0.39 is 45.5 Å². The molecule has 1 aromatic carbocycles. The number of nitrogens with two attached hydrogens (primary N) is 1. The van der Waals surface area contributed by atoms with Crippen molar-refractivity contribution in [2.45, 2.75) is 36.8 Å². The molecular weight excluding hydrogens is 378 g/mol. The highest BCUT2D eigenvalue weighted by Gasteiger charge is 2.84. The predicted molar refractivity (Wildman–Crippen MR) is 89.5 cm³/mol. The van der Waals surface area contributed by atoms with Crippen molar-refractivity contribution in [2.24, 2.45) is 5.73 Å². The Labute approximate surface area is 155 Å². The molecule has 27 heavy (non-hydrogen) atoms. The van der Waals surface area contributed by atoms with Crippen LogP contribution in [0.2, 0.25) is 0 Å². The van der Waals surface area contributed by atoms with E-state index in [0.717, 1.165) is 5.41 Å². The lowest BCUT2D eigenvalue weighted by molar-refractivity contribution is -0.161. The van der Waals surface area contributed by atoms with Gasteiger partial charge in [0.05, 0.1) is 16.7 Å². The molecule has 0 radical (unpaired) electrons. The predicted octanol–water partition coefficient (Wildman–Crippen LogP) is 0.215. The van der Waals surface area contributed by atoms with Crippen molar-refractivity contribution in [3.8, 4) is 0 Å². The zero-order valence-electron chi connectivity index (χ0n) is 14.3. The molecule has 3 aliphatic rings. The van der Waals surface area contributed by atoms with Gasteiger partial charge in [0.1, 0.15) is 18.8 Å². The van der Waals surface area contributed by atoms with Crippen LogP contribution in [0.5, 0.6) is 0 Å². The summed E-state index contributed by atoms with van der Waals surface area (Å²) in [7, 11) is -4.09. The van der Waals surface area contributed by atoms with Crippen LogP contribution in [0.3, 0.4) is 0 Å². The van der Waals surface area contributed by atoms with Crippen LogP contribution in [-0.2, 0) is 33.3 Å². The Morgan fingerprint density at radius 2 is 2.00 bits per heavy atom. The molecule has 144 valence electrons. The lowest BCUT2D eigenvalue weighted by Crippen LogP contribution is -2.57. The molecule has 4 atom stereocenters. The summed E-state index contributed by atoms with van der Waals surface area (Å²) in [6, 6.07) is 8.28. The largest absolute Gasteiger partial charge is 0.459 e. The number of rotatable bonds is 4. The number of benzene rings is 1. The van der Waals surface area contributed by atoms with Crippen LogP contribution >= 0.6 is 0 Å². The van der Waals surface area contributed by atoms with Crippen molar-refractivity contribution in [1.29, 1.82) is 0 Å². The van der Waals surface area contributed by atoms with Gasteiger partial charge in [-0.05, 0) is 12.1 Å². The van der Waals surface area contributed by atoms with E-state index in [9.17, 15) is 18.0 Å². The maximum Gasteiger partial charge on any atom is 0.338 e. The Balaban J connectivity index is 1.61. The molecule has 1 aliphatic carbocycles. The van der Waals surface area contributed by atoms with E-state index in [-0.39, 0.29) is 18.7 Å². The Morgan fingerprint density at radius 3 is 2.59 bits per heavy atom. The van der Waals surface area contributed by atoms with Gasteiger partial charge in [-0.2, -0.15) is 8.42 Å². The zero-order chi connectivity index (χ0) is 19.4. The van der Waals surface area contributed by atoms with Gasteiger partial charge in [0.25, 0.3) is 10.1 Å². The summed E-state index contributed by atoms with van der Waals surface area (Å²) in [5.41, 5.74) is 3.05. The van der Waals surface area contributed by atoms with Gasteiger partial charge in [-0.25, -0.2) is 8.98 Å². The summed E-state index contributed by atoms with van der Waals surface area (Å²) < 4.78 is 45.7. The first kappa shape index (κ1) is 18.0. The molecule has 1 aromatic rings. The van der Waals surface area contributed by atoms with Gasteiger partial charge < -0.3 is 19.9 Å². The topological polar surface area (TPSA) is 131 Å². The average Bonchev–Trinajstić information content (AvgIpc) is 3.13. The van der Waals surface area contributed by atoms with Crippen LogP contribution < -0.4 is 5.73 Å². The quantitative estimate of drug-likeness (QED) is 0.561. The highest BCUT2D eigenvalue weighted by Crippen LogP contribution is 2.64. The van der Waals surface area contributed by atoms with Gasteiger partial charge in [-0.15, -0.1) is 0 Å². The standard InChI is InChI=1S/C17H17NO8S/c1-10(19)25-16-7-13(16)24-14(17(16)12(18)9-27(21,22)26-17)8-23-15(20)11-5-3-2-4-6-11/h2-6,9,13-14H,7-8,18H2,1H3/t13-,14+,16-,17+/m0/s1. The number of esters is 2. The summed E-state index contributed by atoms with van der Waals surface area (Å²) in [5, 5.41) is 0.772. The molecule has 0 bridgehead atoms. The maximum atomic E-state index is 12.2. The van der Waals surface area contributed by atoms with Crippen molar-refractivity contribution in [3.63, 3.8) is 0 Å². The first-order valence-corrected chi connectivity index (χ1v) is 9.68. The van der Waals surface area contributed by atoms with Crippen LogP contribution in [0.1, 0.15) is 23.7 Å². The van der Waals surface area contributed by atoms with Gasteiger partial charge in [0, 0.05) is 13.3 Å². The number of hydrogen-bond donors (Lipinski definition) is 1. The van der Waals surface area contributed by atoms with Gasteiger partial charge in [0.2, 0.25) is 0 Å². The number of carbonyl (C=O) groups excluding carboxylic acids is 2. The van der Waals surface area contributed by atoms with Crippen LogP contribution in [-0.4, -0.2) is 50.4 Å². The van der Waals surface area contributed by atoms with Gasteiger partial charge in [-0.1, -0.05) is 18.2 Å². The molecule has 10 heteroatoms. The third kappa shape index (κ3) is 2.63. The van der Waals surface area contributed by atoms with E-state index in [1.54, 1.807) is 30.3 Å². The second-order valence-electron chi connectivity index (χ2n) is 6.65. The van der Waals surface area contributed by atoms with Gasteiger partial charge in [-0.3, -0.25) is 4.79 Å². The monoisotopic (exact) mass is 395 g/mol. The van der Waals surface area contributed by atoms with Crippen molar-refractivity contribution in [2.75, 3.05) is 6.61 Å². The fourth-order valence-corrected chi connectivity index (χ4v) is 5.04. The lowest BCUT2D eigenvalue weighted by atomic mass is 9.86. The summed E-state index contributed by atoms with van der Waals surface area (Å²) in [4.78, 5) is 23.8. The molecular formula is C17H17NO8S. The molecule has 1 saturated carbocycles. The van der Waals surface area contributed by atoms with E-state index in [1.807, 2.05) is 0 Å². The SMILES string of the molecule is CC(=O)O[C@@]12C[C@@H]1O[C@H](COC(=O)c1ccccc1)[C@@]21OS(=O)(=O)C=C1N. The normalized spacial score (nSPS) is 35.4. The molecule has 2 heterocycles. The minimum atomic E-state index is -4.09. The number of ether oxygens (including phenoxy) is 3. The third-order valence-corrected chi connectivity index (χ3v) is 5.95. The second-order valence-corrected chi connectivity index (χ2v) is 8.04.